The van der Waals surface area contributed by atoms with Gasteiger partial charge in [-0.3, -0.25) is 4.79 Å². The zero-order valence-electron chi connectivity index (χ0n) is 11.1. The van der Waals surface area contributed by atoms with E-state index in [4.69, 9.17) is 10.5 Å². The molecule has 0 saturated carbocycles. The fourth-order valence-corrected chi connectivity index (χ4v) is 1.54. The van der Waals surface area contributed by atoms with Gasteiger partial charge >= 0.3 is 0 Å². The van der Waals surface area contributed by atoms with Crippen molar-refractivity contribution in [2.75, 3.05) is 31.3 Å². The minimum Gasteiger partial charge on any atom is -0.398 e. The van der Waals surface area contributed by atoms with Crippen molar-refractivity contribution >= 4 is 17.3 Å². The van der Waals surface area contributed by atoms with Gasteiger partial charge in [0.2, 0.25) is 5.91 Å². The molecule has 0 fully saturated rings. The number of hydrogen-bond acceptors (Lipinski definition) is 4. The molecule has 0 aliphatic rings. The maximum absolute atomic E-state index is 11.8. The fraction of sp³-hybridized carbons (Fsp3) is 0.462. The lowest BCUT2D eigenvalue weighted by molar-refractivity contribution is -0.121. The second-order valence-electron chi connectivity index (χ2n) is 4.17. The van der Waals surface area contributed by atoms with Gasteiger partial charge in [0.15, 0.2) is 0 Å². The number of ether oxygens (including phenoxy) is 1. The van der Waals surface area contributed by atoms with E-state index in [-0.39, 0.29) is 11.9 Å². The maximum atomic E-state index is 11.8. The average Bonchev–Trinajstić information content (AvgIpc) is 2.35. The molecule has 1 aromatic carbocycles. The normalized spacial score (nSPS) is 11.9. The second kappa shape index (κ2) is 6.86. The predicted octanol–water partition coefficient (Wildman–Crippen LogP) is 1.14. The number of carbonyl (C=O) groups excluding carboxylic acids is 1. The number of carbonyl (C=O) groups is 1. The van der Waals surface area contributed by atoms with Crippen LogP contribution in [0.15, 0.2) is 18.2 Å². The molecule has 0 aliphatic heterocycles. The number of methoxy groups -OCH3 is 1. The first kappa shape index (κ1) is 14.3. The van der Waals surface area contributed by atoms with Gasteiger partial charge in [0.1, 0.15) is 6.04 Å². The van der Waals surface area contributed by atoms with Crippen LogP contribution in [0.25, 0.3) is 0 Å². The third kappa shape index (κ3) is 3.92. The summed E-state index contributed by atoms with van der Waals surface area (Å²) in [5, 5.41) is 5.92. The summed E-state index contributed by atoms with van der Waals surface area (Å²) < 4.78 is 4.87. The summed E-state index contributed by atoms with van der Waals surface area (Å²) in [5.74, 6) is -0.0612. The minimum atomic E-state index is -0.317. The lowest BCUT2D eigenvalue weighted by Gasteiger charge is -2.17. The number of benzene rings is 1. The maximum Gasteiger partial charge on any atom is 0.242 e. The molecule has 5 nitrogen and oxygen atoms in total. The summed E-state index contributed by atoms with van der Waals surface area (Å²) in [6, 6.07) is 5.29. The Bertz CT molecular complexity index is 407. The van der Waals surface area contributed by atoms with Gasteiger partial charge in [-0.25, -0.2) is 0 Å². The van der Waals surface area contributed by atoms with Crippen molar-refractivity contribution in [3.05, 3.63) is 23.8 Å². The minimum absolute atomic E-state index is 0.0612. The molecular formula is C13H21N3O2. The quantitative estimate of drug-likeness (QED) is 0.523. The van der Waals surface area contributed by atoms with Crippen molar-refractivity contribution in [1.29, 1.82) is 0 Å². The molecule has 0 aliphatic carbocycles. The van der Waals surface area contributed by atoms with Gasteiger partial charge in [0.05, 0.1) is 6.61 Å². The van der Waals surface area contributed by atoms with Crippen molar-refractivity contribution in [3.63, 3.8) is 0 Å². The first-order chi connectivity index (χ1) is 8.56. The number of amides is 1. The Morgan fingerprint density at radius 3 is 2.89 bits per heavy atom. The van der Waals surface area contributed by atoms with E-state index < -0.39 is 0 Å². The monoisotopic (exact) mass is 251 g/mol. The van der Waals surface area contributed by atoms with Gasteiger partial charge in [-0.1, -0.05) is 6.07 Å². The third-order valence-corrected chi connectivity index (χ3v) is 2.75. The van der Waals surface area contributed by atoms with E-state index in [9.17, 15) is 4.79 Å². The topological polar surface area (TPSA) is 76.4 Å². The molecule has 0 radical (unpaired) electrons. The van der Waals surface area contributed by atoms with Crippen molar-refractivity contribution in [3.8, 4) is 0 Å². The van der Waals surface area contributed by atoms with Crippen LogP contribution in [0.5, 0.6) is 0 Å². The van der Waals surface area contributed by atoms with E-state index in [0.29, 0.717) is 18.8 Å². The molecule has 0 aromatic heterocycles. The van der Waals surface area contributed by atoms with Crippen LogP contribution in [0, 0.1) is 6.92 Å². The summed E-state index contributed by atoms with van der Waals surface area (Å²) >= 11 is 0. The van der Waals surface area contributed by atoms with E-state index in [1.54, 1.807) is 7.11 Å². The Morgan fingerprint density at radius 1 is 1.50 bits per heavy atom. The van der Waals surface area contributed by atoms with Gasteiger partial charge < -0.3 is 21.1 Å². The molecule has 100 valence electrons. The van der Waals surface area contributed by atoms with Crippen LogP contribution in [-0.2, 0) is 9.53 Å². The van der Waals surface area contributed by atoms with Crippen LogP contribution < -0.4 is 16.4 Å². The summed E-state index contributed by atoms with van der Waals surface area (Å²) in [7, 11) is 1.60. The molecule has 1 aromatic rings. The van der Waals surface area contributed by atoms with Gasteiger partial charge in [0, 0.05) is 25.0 Å². The van der Waals surface area contributed by atoms with Gasteiger partial charge in [-0.2, -0.15) is 0 Å². The van der Waals surface area contributed by atoms with E-state index in [1.807, 2.05) is 32.0 Å². The summed E-state index contributed by atoms with van der Waals surface area (Å²) in [5.41, 5.74) is 8.36. The first-order valence-corrected chi connectivity index (χ1v) is 5.94. The molecule has 5 heteroatoms. The summed E-state index contributed by atoms with van der Waals surface area (Å²) in [4.78, 5) is 11.8. The van der Waals surface area contributed by atoms with E-state index >= 15 is 0 Å². The van der Waals surface area contributed by atoms with Gasteiger partial charge in [0.25, 0.3) is 0 Å². The van der Waals surface area contributed by atoms with Crippen LogP contribution in [0.3, 0.4) is 0 Å². The molecule has 0 bridgehead atoms. The highest BCUT2D eigenvalue weighted by molar-refractivity contribution is 5.84. The Labute approximate surface area is 108 Å². The number of nitrogen functional groups attached to an aromatic ring is 1. The number of nitrogens with one attached hydrogen (secondary N) is 2. The number of hydrogen-bond donors (Lipinski definition) is 3. The Morgan fingerprint density at radius 2 is 2.22 bits per heavy atom. The van der Waals surface area contributed by atoms with E-state index in [1.165, 1.54) is 0 Å². The Hall–Kier alpha value is -1.75. The number of nitrogens with two attached hydrogens (primary N) is 1. The first-order valence-electron chi connectivity index (χ1n) is 5.94. The Kier molecular flexibility index (Phi) is 5.45. The van der Waals surface area contributed by atoms with Crippen molar-refractivity contribution < 1.29 is 9.53 Å². The van der Waals surface area contributed by atoms with Crippen LogP contribution >= 0.6 is 0 Å². The summed E-state index contributed by atoms with van der Waals surface area (Å²) in [6.45, 7) is 4.75. The second-order valence-corrected chi connectivity index (χ2v) is 4.17. The lowest BCUT2D eigenvalue weighted by atomic mass is 10.1. The molecular weight excluding hydrogens is 230 g/mol. The zero-order chi connectivity index (χ0) is 13.5. The summed E-state index contributed by atoms with van der Waals surface area (Å²) in [6.07, 6.45) is 0. The van der Waals surface area contributed by atoms with E-state index in [0.717, 1.165) is 11.3 Å². The SMILES string of the molecule is COCCNC(=O)C(C)Nc1cccc(N)c1C. The third-order valence-electron chi connectivity index (χ3n) is 2.75. The van der Waals surface area contributed by atoms with Crippen LogP contribution in [-0.4, -0.2) is 32.2 Å². The van der Waals surface area contributed by atoms with Crippen LogP contribution in [0.4, 0.5) is 11.4 Å². The van der Waals surface area contributed by atoms with Crippen molar-refractivity contribution in [2.24, 2.45) is 0 Å². The van der Waals surface area contributed by atoms with Crippen molar-refractivity contribution in [1.82, 2.24) is 5.32 Å². The molecule has 0 spiro atoms. The van der Waals surface area contributed by atoms with Crippen LogP contribution in [0.2, 0.25) is 0 Å². The number of anilines is 2. The fourth-order valence-electron chi connectivity index (χ4n) is 1.54. The molecule has 1 amide bonds. The molecule has 1 unspecified atom stereocenters. The largest absolute Gasteiger partial charge is 0.398 e. The molecule has 0 saturated heterocycles. The molecule has 18 heavy (non-hydrogen) atoms. The highest BCUT2D eigenvalue weighted by atomic mass is 16.5. The highest BCUT2D eigenvalue weighted by Crippen LogP contribution is 2.20. The van der Waals surface area contributed by atoms with Gasteiger partial charge in [-0.15, -0.1) is 0 Å². The predicted molar refractivity (Wildman–Crippen MR) is 73.6 cm³/mol. The van der Waals surface area contributed by atoms with E-state index in [2.05, 4.69) is 10.6 Å². The molecule has 4 N–H and O–H groups in total. The van der Waals surface area contributed by atoms with Crippen LogP contribution in [0.1, 0.15) is 12.5 Å². The lowest BCUT2D eigenvalue weighted by Crippen LogP contribution is -2.39. The molecule has 0 heterocycles. The highest BCUT2D eigenvalue weighted by Gasteiger charge is 2.13. The molecule has 1 rings (SSSR count). The number of rotatable bonds is 6. The standard InChI is InChI=1S/C13H21N3O2/c1-9-11(14)5-4-6-12(9)16-10(2)13(17)15-7-8-18-3/h4-6,10,16H,7-8,14H2,1-3H3,(H,15,17). The Balaban J connectivity index is 2.56. The smallest absolute Gasteiger partial charge is 0.242 e. The van der Waals surface area contributed by atoms with Crippen molar-refractivity contribution in [2.45, 2.75) is 19.9 Å². The average molecular weight is 251 g/mol. The van der Waals surface area contributed by atoms with Gasteiger partial charge in [-0.05, 0) is 31.5 Å². The zero-order valence-corrected chi connectivity index (χ0v) is 11.1. The molecule has 1 atom stereocenters.